The first-order chi connectivity index (χ1) is 15.3. The lowest BCUT2D eigenvalue weighted by molar-refractivity contribution is -0.137. The third-order valence-corrected chi connectivity index (χ3v) is 5.29. The largest absolute Gasteiger partial charge is 0.494 e. The second kappa shape index (κ2) is 10.7. The van der Waals surface area contributed by atoms with E-state index in [4.69, 9.17) is 17.0 Å². The molecule has 32 heavy (non-hydrogen) atoms. The molecule has 1 heterocycles. The van der Waals surface area contributed by atoms with Gasteiger partial charge in [0.2, 0.25) is 0 Å². The SMILES string of the molecule is CCCOc1ccc(C(=O)NC(=S)Nc2cc(C(F)(F)F)ccc2N2CCCCC2)cc1. The van der Waals surface area contributed by atoms with E-state index in [0.717, 1.165) is 50.9 Å². The highest BCUT2D eigenvalue weighted by atomic mass is 32.1. The molecular weight excluding hydrogens is 439 g/mol. The van der Waals surface area contributed by atoms with Crippen molar-refractivity contribution in [3.05, 3.63) is 53.6 Å². The van der Waals surface area contributed by atoms with Crippen LogP contribution in [0.5, 0.6) is 5.75 Å². The Labute approximate surface area is 190 Å². The number of carbonyl (C=O) groups excluding carboxylic acids is 1. The number of nitrogens with zero attached hydrogens (tertiary/aromatic N) is 1. The first-order valence-electron chi connectivity index (χ1n) is 10.6. The molecule has 9 heteroatoms. The number of rotatable bonds is 6. The van der Waals surface area contributed by atoms with Crippen molar-refractivity contribution in [3.8, 4) is 5.75 Å². The van der Waals surface area contributed by atoms with E-state index in [9.17, 15) is 18.0 Å². The monoisotopic (exact) mass is 465 g/mol. The molecule has 1 amide bonds. The summed E-state index contributed by atoms with van der Waals surface area (Å²) in [4.78, 5) is 14.5. The molecule has 0 spiro atoms. The van der Waals surface area contributed by atoms with E-state index in [-0.39, 0.29) is 10.8 Å². The maximum absolute atomic E-state index is 13.3. The number of halogens is 3. The lowest BCUT2D eigenvalue weighted by atomic mass is 10.1. The van der Waals surface area contributed by atoms with E-state index in [2.05, 4.69) is 10.6 Å². The molecule has 0 radical (unpaired) electrons. The summed E-state index contributed by atoms with van der Waals surface area (Å²) >= 11 is 5.23. The van der Waals surface area contributed by atoms with Crippen LogP contribution in [0.2, 0.25) is 0 Å². The number of anilines is 2. The zero-order valence-corrected chi connectivity index (χ0v) is 18.6. The summed E-state index contributed by atoms with van der Waals surface area (Å²) in [5.74, 6) is 0.190. The molecule has 0 unspecified atom stereocenters. The van der Waals surface area contributed by atoms with E-state index in [1.165, 1.54) is 6.07 Å². The van der Waals surface area contributed by atoms with Gasteiger partial charge in [0.25, 0.3) is 5.91 Å². The average Bonchev–Trinajstić information content (AvgIpc) is 2.78. The third-order valence-electron chi connectivity index (χ3n) is 5.09. The Morgan fingerprint density at radius 2 is 1.78 bits per heavy atom. The Balaban J connectivity index is 1.73. The minimum absolute atomic E-state index is 0.0705. The number of thiocarbonyl (C=S) groups is 1. The molecule has 1 fully saturated rings. The fourth-order valence-electron chi connectivity index (χ4n) is 3.47. The van der Waals surface area contributed by atoms with Crippen LogP contribution in [0, 0.1) is 0 Å². The highest BCUT2D eigenvalue weighted by molar-refractivity contribution is 7.80. The minimum atomic E-state index is -4.48. The van der Waals surface area contributed by atoms with Gasteiger partial charge in [-0.15, -0.1) is 0 Å². The number of carbonyl (C=O) groups is 1. The average molecular weight is 466 g/mol. The summed E-state index contributed by atoms with van der Waals surface area (Å²) in [6.45, 7) is 4.09. The van der Waals surface area contributed by atoms with Crippen LogP contribution in [0.3, 0.4) is 0 Å². The zero-order chi connectivity index (χ0) is 23.1. The Kier molecular flexibility index (Phi) is 7.95. The van der Waals surface area contributed by atoms with Gasteiger partial charge in [-0.2, -0.15) is 13.2 Å². The molecule has 2 aromatic carbocycles. The fraction of sp³-hybridized carbons (Fsp3) is 0.391. The van der Waals surface area contributed by atoms with Crippen molar-refractivity contribution in [2.24, 2.45) is 0 Å². The quantitative estimate of drug-likeness (QED) is 0.543. The fourth-order valence-corrected chi connectivity index (χ4v) is 3.68. The number of alkyl halides is 3. The molecule has 172 valence electrons. The van der Waals surface area contributed by atoms with Crippen molar-refractivity contribution in [2.75, 3.05) is 29.9 Å². The van der Waals surface area contributed by atoms with Gasteiger partial charge >= 0.3 is 6.18 Å². The minimum Gasteiger partial charge on any atom is -0.494 e. The molecule has 0 aromatic heterocycles. The smallest absolute Gasteiger partial charge is 0.416 e. The van der Waals surface area contributed by atoms with Crippen molar-refractivity contribution in [3.63, 3.8) is 0 Å². The molecule has 2 aromatic rings. The number of piperidine rings is 1. The maximum atomic E-state index is 13.3. The normalized spacial score (nSPS) is 14.1. The third kappa shape index (κ3) is 6.35. The highest BCUT2D eigenvalue weighted by Crippen LogP contribution is 2.36. The first-order valence-corrected chi connectivity index (χ1v) is 11.0. The summed E-state index contributed by atoms with van der Waals surface area (Å²) in [6.07, 6.45) is -0.573. The summed E-state index contributed by atoms with van der Waals surface area (Å²) in [5.41, 5.74) is 0.429. The highest BCUT2D eigenvalue weighted by Gasteiger charge is 2.31. The van der Waals surface area contributed by atoms with Gasteiger partial charge in [-0.05, 0) is 80.4 Å². The molecule has 0 atom stereocenters. The van der Waals surface area contributed by atoms with Crippen molar-refractivity contribution in [1.29, 1.82) is 0 Å². The molecule has 3 rings (SSSR count). The van der Waals surface area contributed by atoms with Crippen molar-refractivity contribution in [2.45, 2.75) is 38.8 Å². The number of ether oxygens (including phenoxy) is 1. The predicted molar refractivity (Wildman–Crippen MR) is 123 cm³/mol. The first kappa shape index (κ1) is 23.8. The number of amides is 1. The van der Waals surface area contributed by atoms with Crippen LogP contribution in [0.15, 0.2) is 42.5 Å². The molecule has 0 saturated carbocycles. The van der Waals surface area contributed by atoms with Gasteiger partial charge in [0, 0.05) is 18.7 Å². The van der Waals surface area contributed by atoms with Gasteiger partial charge in [0.05, 0.1) is 23.5 Å². The van der Waals surface area contributed by atoms with Crippen LogP contribution >= 0.6 is 12.2 Å². The second-order valence-electron chi connectivity index (χ2n) is 7.56. The summed E-state index contributed by atoms with van der Waals surface area (Å²) < 4.78 is 45.3. The van der Waals surface area contributed by atoms with E-state index < -0.39 is 17.6 Å². The molecule has 5 nitrogen and oxygen atoms in total. The molecule has 2 N–H and O–H groups in total. The van der Waals surface area contributed by atoms with Gasteiger partial charge in [-0.1, -0.05) is 6.92 Å². The summed E-state index contributed by atoms with van der Waals surface area (Å²) in [6, 6.07) is 10.1. The molecule has 1 aliphatic rings. The number of hydrogen-bond acceptors (Lipinski definition) is 4. The van der Waals surface area contributed by atoms with Gasteiger partial charge in [-0.3, -0.25) is 10.1 Å². The lowest BCUT2D eigenvalue weighted by Crippen LogP contribution is -2.35. The van der Waals surface area contributed by atoms with Gasteiger partial charge in [-0.25, -0.2) is 0 Å². The molecule has 1 aliphatic heterocycles. The van der Waals surface area contributed by atoms with Crippen LogP contribution in [0.1, 0.15) is 48.5 Å². The van der Waals surface area contributed by atoms with Crippen LogP contribution in [-0.4, -0.2) is 30.7 Å². The molecule has 0 aliphatic carbocycles. The molecular formula is C23H26F3N3O2S. The Morgan fingerprint density at radius 3 is 2.41 bits per heavy atom. The standard InChI is InChI=1S/C23H26F3N3O2S/c1-2-14-31-18-9-6-16(7-10-18)21(30)28-22(32)27-19-15-17(23(24,25)26)8-11-20(19)29-12-4-3-5-13-29/h6-11,15H,2-5,12-14H2,1H3,(H2,27,28,30,32). The van der Waals surface area contributed by atoms with E-state index in [0.29, 0.717) is 23.6 Å². The number of nitrogens with one attached hydrogen (secondary N) is 2. The summed E-state index contributed by atoms with van der Waals surface area (Å²) in [5, 5.41) is 5.26. The molecule has 1 saturated heterocycles. The number of benzene rings is 2. The van der Waals surface area contributed by atoms with Crippen LogP contribution in [0.25, 0.3) is 0 Å². The number of hydrogen-bond donors (Lipinski definition) is 2. The van der Waals surface area contributed by atoms with Gasteiger partial charge in [0.1, 0.15) is 5.75 Å². The van der Waals surface area contributed by atoms with E-state index >= 15 is 0 Å². The lowest BCUT2D eigenvalue weighted by Gasteiger charge is -2.31. The predicted octanol–water partition coefficient (Wildman–Crippen LogP) is 5.61. The Morgan fingerprint density at radius 1 is 1.09 bits per heavy atom. The van der Waals surface area contributed by atoms with E-state index in [1.54, 1.807) is 24.3 Å². The second-order valence-corrected chi connectivity index (χ2v) is 7.97. The Bertz CT molecular complexity index is 942. The van der Waals surface area contributed by atoms with Gasteiger partial charge < -0.3 is 15.0 Å². The van der Waals surface area contributed by atoms with Crippen molar-refractivity contribution in [1.82, 2.24) is 5.32 Å². The Hall–Kier alpha value is -2.81. The van der Waals surface area contributed by atoms with Crippen LogP contribution in [-0.2, 0) is 6.18 Å². The van der Waals surface area contributed by atoms with Crippen LogP contribution < -0.4 is 20.3 Å². The maximum Gasteiger partial charge on any atom is 0.416 e. The summed E-state index contributed by atoms with van der Waals surface area (Å²) in [7, 11) is 0. The topological polar surface area (TPSA) is 53.6 Å². The van der Waals surface area contributed by atoms with Crippen LogP contribution in [0.4, 0.5) is 24.5 Å². The van der Waals surface area contributed by atoms with Crippen molar-refractivity contribution >= 4 is 34.6 Å². The van der Waals surface area contributed by atoms with Crippen molar-refractivity contribution < 1.29 is 22.7 Å². The zero-order valence-electron chi connectivity index (χ0n) is 17.8. The van der Waals surface area contributed by atoms with E-state index in [1.807, 2.05) is 11.8 Å². The molecule has 0 bridgehead atoms. The van der Waals surface area contributed by atoms with Gasteiger partial charge in [0.15, 0.2) is 5.11 Å².